The summed E-state index contributed by atoms with van der Waals surface area (Å²) in [7, 11) is 0. The fraction of sp³-hybridized carbons (Fsp3) is 0.222. The predicted octanol–water partition coefficient (Wildman–Crippen LogP) is 3.72. The summed E-state index contributed by atoms with van der Waals surface area (Å²) >= 11 is 0. The Hall–Kier alpha value is -2.13. The Morgan fingerprint density at radius 1 is 0.857 bits per heavy atom. The van der Waals surface area contributed by atoms with Crippen molar-refractivity contribution in [1.82, 2.24) is 5.32 Å². The van der Waals surface area contributed by atoms with Crippen LogP contribution in [-0.2, 0) is 0 Å². The molecule has 0 spiro atoms. The Morgan fingerprint density at radius 2 is 1.38 bits per heavy atom. The molecular formula is C18H18FNO. The van der Waals surface area contributed by atoms with Crippen LogP contribution in [-0.4, -0.2) is 18.2 Å². The van der Waals surface area contributed by atoms with Crippen LogP contribution < -0.4 is 5.32 Å². The van der Waals surface area contributed by atoms with Gasteiger partial charge in [-0.1, -0.05) is 29.8 Å². The molecule has 2 N–H and O–H groups in total. The summed E-state index contributed by atoms with van der Waals surface area (Å²) in [5.74, 6) is 0.0339. The lowest BCUT2D eigenvalue weighted by atomic mass is 9.89. The van der Waals surface area contributed by atoms with E-state index in [-0.39, 0.29) is 11.6 Å². The molecule has 1 fully saturated rings. The molecule has 0 amide bonds. The van der Waals surface area contributed by atoms with Gasteiger partial charge in [0.2, 0.25) is 0 Å². The zero-order valence-electron chi connectivity index (χ0n) is 11.8. The van der Waals surface area contributed by atoms with Gasteiger partial charge in [0.1, 0.15) is 11.6 Å². The molecule has 0 saturated carbocycles. The van der Waals surface area contributed by atoms with E-state index in [4.69, 9.17) is 0 Å². The Morgan fingerprint density at radius 3 is 1.95 bits per heavy atom. The first-order valence-electron chi connectivity index (χ1n) is 7.22. The highest BCUT2D eigenvalue weighted by molar-refractivity contribution is 5.82. The van der Waals surface area contributed by atoms with Crippen molar-refractivity contribution in [2.45, 2.75) is 12.8 Å². The van der Waals surface area contributed by atoms with Crippen molar-refractivity contribution in [3.63, 3.8) is 0 Å². The van der Waals surface area contributed by atoms with Crippen molar-refractivity contribution in [3.05, 3.63) is 71.0 Å². The summed E-state index contributed by atoms with van der Waals surface area (Å²) in [6.07, 6.45) is 1.99. The summed E-state index contributed by atoms with van der Waals surface area (Å²) in [6.45, 7) is 1.94. The lowest BCUT2D eigenvalue weighted by Crippen LogP contribution is -2.23. The van der Waals surface area contributed by atoms with Crippen LogP contribution >= 0.6 is 0 Å². The average molecular weight is 283 g/mol. The van der Waals surface area contributed by atoms with Crippen LogP contribution in [0.4, 0.5) is 4.39 Å². The zero-order chi connectivity index (χ0) is 14.7. The first kappa shape index (κ1) is 13.8. The second kappa shape index (κ2) is 6.10. The number of nitrogens with one attached hydrogen (secondary N) is 1. The summed E-state index contributed by atoms with van der Waals surface area (Å²) in [6, 6.07) is 13.9. The quantitative estimate of drug-likeness (QED) is 0.880. The number of benzene rings is 2. The van der Waals surface area contributed by atoms with E-state index < -0.39 is 0 Å². The Labute approximate surface area is 123 Å². The standard InChI is InChI=1S/C18H18FNO/c19-16-5-1-13(2-6-16)18(15-9-11-20-12-10-15)14-3-7-17(21)8-4-14/h1-8,20-21H,9-12H2. The monoisotopic (exact) mass is 283 g/mol. The van der Waals surface area contributed by atoms with Crippen LogP contribution in [0.3, 0.4) is 0 Å². The van der Waals surface area contributed by atoms with Gasteiger partial charge in [-0.3, -0.25) is 0 Å². The summed E-state index contributed by atoms with van der Waals surface area (Å²) in [5.41, 5.74) is 4.64. The lowest BCUT2D eigenvalue weighted by molar-refractivity contribution is 0.475. The van der Waals surface area contributed by atoms with Gasteiger partial charge in [-0.05, 0) is 66.9 Å². The third-order valence-corrected chi connectivity index (χ3v) is 3.85. The minimum atomic E-state index is -0.223. The molecular weight excluding hydrogens is 265 g/mol. The minimum Gasteiger partial charge on any atom is -0.508 e. The number of hydrogen-bond acceptors (Lipinski definition) is 2. The molecule has 0 atom stereocenters. The molecule has 1 heterocycles. The van der Waals surface area contributed by atoms with Gasteiger partial charge in [0, 0.05) is 0 Å². The minimum absolute atomic E-state index is 0.223. The molecule has 0 radical (unpaired) electrons. The molecule has 108 valence electrons. The van der Waals surface area contributed by atoms with Crippen molar-refractivity contribution in [1.29, 1.82) is 0 Å². The van der Waals surface area contributed by atoms with Crippen molar-refractivity contribution in [2.24, 2.45) is 0 Å². The number of rotatable bonds is 2. The second-order valence-corrected chi connectivity index (χ2v) is 5.28. The normalized spacial score (nSPS) is 15.0. The SMILES string of the molecule is Oc1ccc(C(=C2CCNCC2)c2ccc(F)cc2)cc1. The highest BCUT2D eigenvalue weighted by atomic mass is 19.1. The van der Waals surface area contributed by atoms with Crippen LogP contribution in [0.25, 0.3) is 5.57 Å². The molecule has 2 nitrogen and oxygen atoms in total. The van der Waals surface area contributed by atoms with Gasteiger partial charge in [-0.2, -0.15) is 0 Å². The van der Waals surface area contributed by atoms with Crippen LogP contribution in [0.2, 0.25) is 0 Å². The van der Waals surface area contributed by atoms with E-state index in [0.717, 1.165) is 42.6 Å². The van der Waals surface area contributed by atoms with E-state index >= 15 is 0 Å². The molecule has 0 aromatic heterocycles. The Kier molecular flexibility index (Phi) is 4.02. The Bertz CT molecular complexity index is 588. The smallest absolute Gasteiger partial charge is 0.123 e. The van der Waals surface area contributed by atoms with E-state index in [1.807, 2.05) is 24.3 Å². The molecule has 0 bridgehead atoms. The number of hydrogen-bond donors (Lipinski definition) is 2. The van der Waals surface area contributed by atoms with Crippen molar-refractivity contribution < 1.29 is 9.50 Å². The van der Waals surface area contributed by atoms with Gasteiger partial charge in [0.25, 0.3) is 0 Å². The number of piperidine rings is 1. The van der Waals surface area contributed by atoms with Gasteiger partial charge >= 0.3 is 0 Å². The number of phenols is 1. The maximum atomic E-state index is 13.2. The Balaban J connectivity index is 2.10. The predicted molar refractivity (Wildman–Crippen MR) is 82.6 cm³/mol. The number of phenolic OH excluding ortho intramolecular Hbond substituents is 1. The zero-order valence-corrected chi connectivity index (χ0v) is 11.8. The van der Waals surface area contributed by atoms with Gasteiger partial charge in [-0.15, -0.1) is 0 Å². The molecule has 0 aliphatic carbocycles. The topological polar surface area (TPSA) is 32.3 Å². The molecule has 3 heteroatoms. The van der Waals surface area contributed by atoms with E-state index in [0.29, 0.717) is 0 Å². The average Bonchev–Trinajstić information content (AvgIpc) is 2.52. The molecule has 2 aromatic carbocycles. The molecule has 1 aliphatic heterocycles. The first-order valence-corrected chi connectivity index (χ1v) is 7.22. The number of aromatic hydroxyl groups is 1. The highest BCUT2D eigenvalue weighted by Crippen LogP contribution is 2.31. The summed E-state index contributed by atoms with van der Waals surface area (Å²) in [5, 5.41) is 12.8. The van der Waals surface area contributed by atoms with Crippen molar-refractivity contribution >= 4 is 5.57 Å². The van der Waals surface area contributed by atoms with Crippen LogP contribution in [0.15, 0.2) is 54.1 Å². The van der Waals surface area contributed by atoms with E-state index in [1.54, 1.807) is 12.1 Å². The van der Waals surface area contributed by atoms with Crippen LogP contribution in [0.5, 0.6) is 5.75 Å². The number of halogens is 1. The molecule has 3 rings (SSSR count). The van der Waals surface area contributed by atoms with E-state index in [9.17, 15) is 9.50 Å². The fourth-order valence-corrected chi connectivity index (χ4v) is 2.80. The molecule has 0 unspecified atom stereocenters. The van der Waals surface area contributed by atoms with Gasteiger partial charge in [-0.25, -0.2) is 4.39 Å². The lowest BCUT2D eigenvalue weighted by Gasteiger charge is -2.21. The maximum Gasteiger partial charge on any atom is 0.123 e. The first-order chi connectivity index (χ1) is 10.2. The third-order valence-electron chi connectivity index (χ3n) is 3.85. The summed E-state index contributed by atoms with van der Waals surface area (Å²) < 4.78 is 13.2. The van der Waals surface area contributed by atoms with Gasteiger partial charge < -0.3 is 10.4 Å². The van der Waals surface area contributed by atoms with Crippen LogP contribution in [0, 0.1) is 5.82 Å². The molecule has 1 saturated heterocycles. The van der Waals surface area contributed by atoms with Crippen molar-refractivity contribution in [3.8, 4) is 5.75 Å². The molecule has 2 aromatic rings. The largest absolute Gasteiger partial charge is 0.508 e. The fourth-order valence-electron chi connectivity index (χ4n) is 2.80. The second-order valence-electron chi connectivity index (χ2n) is 5.28. The molecule has 21 heavy (non-hydrogen) atoms. The maximum absolute atomic E-state index is 13.2. The van der Waals surface area contributed by atoms with E-state index in [1.165, 1.54) is 17.7 Å². The van der Waals surface area contributed by atoms with Gasteiger partial charge in [0.05, 0.1) is 0 Å². The third kappa shape index (κ3) is 3.14. The summed E-state index contributed by atoms with van der Waals surface area (Å²) in [4.78, 5) is 0. The van der Waals surface area contributed by atoms with Crippen LogP contribution in [0.1, 0.15) is 24.0 Å². The highest BCUT2D eigenvalue weighted by Gasteiger charge is 2.14. The van der Waals surface area contributed by atoms with Gasteiger partial charge in [0.15, 0.2) is 0 Å². The molecule has 1 aliphatic rings. The van der Waals surface area contributed by atoms with Crippen molar-refractivity contribution in [2.75, 3.05) is 13.1 Å². The van der Waals surface area contributed by atoms with E-state index in [2.05, 4.69) is 5.32 Å².